The third kappa shape index (κ3) is 2.73. The topological polar surface area (TPSA) is 19.1 Å². The van der Waals surface area contributed by atoms with Gasteiger partial charge in [-0.2, -0.15) is 0 Å². The first-order valence-electron chi connectivity index (χ1n) is 6.79. The summed E-state index contributed by atoms with van der Waals surface area (Å²) in [7, 11) is 8.32. The Bertz CT molecular complexity index is 911. The Labute approximate surface area is 161 Å². The van der Waals surface area contributed by atoms with E-state index in [1.54, 1.807) is 0 Å². The van der Waals surface area contributed by atoms with Crippen LogP contribution >= 0.6 is 56.5 Å². The summed E-state index contributed by atoms with van der Waals surface area (Å²) >= 11 is 6.71. The fourth-order valence-corrected chi connectivity index (χ4v) is 5.93. The summed E-state index contributed by atoms with van der Waals surface area (Å²) in [6, 6.07) is 8.54. The van der Waals surface area contributed by atoms with Crippen LogP contribution in [0.2, 0.25) is 0 Å². The number of benzene rings is 2. The average Bonchev–Trinajstić information content (AvgIpc) is 2.46. The Hall–Kier alpha value is -0.480. The van der Waals surface area contributed by atoms with Crippen molar-refractivity contribution >= 4 is 72.4 Å². The highest BCUT2D eigenvalue weighted by Crippen LogP contribution is 2.37. The lowest BCUT2D eigenvalue weighted by Gasteiger charge is -2.16. The van der Waals surface area contributed by atoms with Gasteiger partial charge in [-0.15, -0.1) is 11.3 Å². The number of hydrogen-bond acceptors (Lipinski definition) is 3. The summed E-state index contributed by atoms with van der Waals surface area (Å²) in [6.07, 6.45) is 0. The van der Waals surface area contributed by atoms with Gasteiger partial charge in [0.05, 0.1) is 30.0 Å². The molecule has 0 radical (unpaired) electrons. The molecular weight excluding hydrogens is 520 g/mol. The summed E-state index contributed by atoms with van der Waals surface area (Å²) in [4.78, 5) is 8.27. The molecule has 1 aromatic carbocycles. The molecule has 114 valence electrons. The van der Waals surface area contributed by atoms with Crippen molar-refractivity contribution in [1.29, 1.82) is 0 Å². The van der Waals surface area contributed by atoms with Crippen molar-refractivity contribution < 1.29 is 0 Å². The van der Waals surface area contributed by atoms with Crippen molar-refractivity contribution in [2.75, 3.05) is 33.1 Å². The Morgan fingerprint density at radius 3 is 2.41 bits per heavy atom. The Balaban J connectivity index is 2.45. The van der Waals surface area contributed by atoms with Gasteiger partial charge in [0.2, 0.25) is 5.36 Å². The lowest BCUT2D eigenvalue weighted by Crippen LogP contribution is -2.25. The van der Waals surface area contributed by atoms with Gasteiger partial charge in [-0.1, -0.05) is 0 Å². The maximum absolute atomic E-state index is 4.86. The highest BCUT2D eigenvalue weighted by atomic mass is 127. The van der Waals surface area contributed by atoms with E-state index in [9.17, 15) is 0 Å². The number of fused-ring (bicyclic) bond motifs is 2. The summed E-state index contributed by atoms with van der Waals surface area (Å²) in [5.41, 5.74) is 3.38. The van der Waals surface area contributed by atoms with Gasteiger partial charge in [0.25, 0.3) is 0 Å². The molecule has 0 unspecified atom stereocenters. The van der Waals surface area contributed by atoms with E-state index in [1.165, 1.54) is 27.8 Å². The Kier molecular flexibility index (Phi) is 4.61. The molecule has 22 heavy (non-hydrogen) atoms. The van der Waals surface area contributed by atoms with Crippen molar-refractivity contribution in [3.8, 4) is 10.6 Å². The molecule has 6 heteroatoms. The monoisotopic (exact) mass is 536 g/mol. The summed E-state index contributed by atoms with van der Waals surface area (Å²) in [5.74, 6) is 0. The highest BCUT2D eigenvalue weighted by Gasteiger charge is 2.17. The van der Waals surface area contributed by atoms with E-state index in [0.717, 1.165) is 11.2 Å². The van der Waals surface area contributed by atoms with Crippen molar-refractivity contribution in [2.24, 2.45) is 0 Å². The number of rotatable bonds is 1. The van der Waals surface area contributed by atoms with Crippen LogP contribution in [0.4, 0.5) is 5.69 Å². The van der Waals surface area contributed by atoms with Crippen LogP contribution in [-0.2, 0) is 0 Å². The standard InChI is InChI=1S/C16H16I2N3S/c1-20(2)11-7-5-9-15(13(11)17)22-16-10(19-9)6-8-12(14(16)18)21(3)4/h5-8H,1-4H3/q+1. The van der Waals surface area contributed by atoms with Gasteiger partial charge in [-0.3, -0.25) is 0 Å². The average molecular weight is 536 g/mol. The number of hydrogen-bond donors (Lipinski definition) is 0. The van der Waals surface area contributed by atoms with Crippen LogP contribution in [0.1, 0.15) is 0 Å². The minimum absolute atomic E-state index is 1.07. The number of aromatic nitrogens is 1. The van der Waals surface area contributed by atoms with E-state index < -0.39 is 0 Å². The summed E-state index contributed by atoms with van der Waals surface area (Å²) in [6.45, 7) is 0. The van der Waals surface area contributed by atoms with Crippen LogP contribution in [0.3, 0.4) is 0 Å². The molecule has 1 heterocycles. The molecule has 1 aliphatic carbocycles. The molecule has 0 saturated carbocycles. The molecule has 0 saturated heterocycles. The zero-order valence-corrected chi connectivity index (χ0v) is 17.9. The Morgan fingerprint density at radius 1 is 1.05 bits per heavy atom. The molecule has 0 bridgehead atoms. The second-order valence-electron chi connectivity index (χ2n) is 5.50. The van der Waals surface area contributed by atoms with Gasteiger partial charge in [-0.05, 0) is 63.4 Å². The first-order valence-corrected chi connectivity index (χ1v) is 9.76. The van der Waals surface area contributed by atoms with Crippen molar-refractivity contribution in [3.05, 3.63) is 36.8 Å². The maximum Gasteiger partial charge on any atom is 0.214 e. The van der Waals surface area contributed by atoms with Crippen molar-refractivity contribution in [2.45, 2.75) is 0 Å². The third-order valence-corrected chi connectivity index (χ3v) is 7.67. The smallest absolute Gasteiger partial charge is 0.214 e. The predicted octanol–water partition coefficient (Wildman–Crippen LogP) is 3.71. The van der Waals surface area contributed by atoms with Crippen molar-refractivity contribution in [1.82, 2.24) is 9.56 Å². The van der Waals surface area contributed by atoms with Gasteiger partial charge in [0, 0.05) is 20.2 Å². The third-order valence-electron chi connectivity index (χ3n) is 3.52. The fourth-order valence-electron chi connectivity index (χ4n) is 2.36. The van der Waals surface area contributed by atoms with E-state index in [0.29, 0.717) is 0 Å². The maximum atomic E-state index is 4.86. The molecule has 0 fully saturated rings. The number of anilines is 1. The van der Waals surface area contributed by atoms with Crippen LogP contribution in [0.25, 0.3) is 20.8 Å². The zero-order valence-electron chi connectivity index (χ0n) is 12.8. The van der Waals surface area contributed by atoms with Crippen LogP contribution in [0, 0.1) is 7.14 Å². The minimum atomic E-state index is 1.07. The van der Waals surface area contributed by atoms with Crippen molar-refractivity contribution in [3.63, 3.8) is 0 Å². The predicted molar refractivity (Wildman–Crippen MR) is 113 cm³/mol. The van der Waals surface area contributed by atoms with E-state index in [1.807, 2.05) is 11.3 Å². The lowest BCUT2D eigenvalue weighted by atomic mass is 10.2. The molecular formula is C16H16I2N3S+. The molecule has 0 aromatic heterocycles. The van der Waals surface area contributed by atoms with Gasteiger partial charge in [0.15, 0.2) is 0 Å². The second-order valence-corrected chi connectivity index (χ2v) is 8.67. The molecule has 1 aliphatic heterocycles. The zero-order chi connectivity index (χ0) is 16.0. The molecule has 1 aromatic rings. The van der Waals surface area contributed by atoms with Crippen LogP contribution in [0.5, 0.6) is 0 Å². The molecule has 0 N–H and O–H groups in total. The van der Waals surface area contributed by atoms with Crippen LogP contribution in [-0.4, -0.2) is 33.2 Å². The van der Waals surface area contributed by atoms with Gasteiger partial charge in [-0.25, -0.2) is 9.56 Å². The summed E-state index contributed by atoms with van der Waals surface area (Å²) in [5, 5.41) is 1.24. The van der Waals surface area contributed by atoms with Crippen LogP contribution in [0.15, 0.2) is 24.3 Å². The van der Waals surface area contributed by atoms with E-state index >= 15 is 0 Å². The molecule has 3 rings (SSSR count). The lowest BCUT2D eigenvalue weighted by molar-refractivity contribution is 0.809. The molecule has 0 amide bonds. The first kappa shape index (κ1) is 16.4. The van der Waals surface area contributed by atoms with Gasteiger partial charge >= 0.3 is 0 Å². The van der Waals surface area contributed by atoms with Crippen LogP contribution < -0.4 is 14.8 Å². The van der Waals surface area contributed by atoms with Gasteiger partial charge in [0.1, 0.15) is 17.7 Å². The van der Waals surface area contributed by atoms with E-state index in [-0.39, 0.29) is 0 Å². The Morgan fingerprint density at radius 2 is 1.77 bits per heavy atom. The largest absolute Gasteiger partial charge is 0.377 e. The second kappa shape index (κ2) is 6.20. The normalized spacial score (nSPS) is 11.2. The minimum Gasteiger partial charge on any atom is -0.377 e. The quantitative estimate of drug-likeness (QED) is 0.269. The van der Waals surface area contributed by atoms with Gasteiger partial charge < -0.3 is 4.90 Å². The van der Waals surface area contributed by atoms with E-state index in [2.05, 4.69) is 107 Å². The fraction of sp³-hybridized carbons (Fsp3) is 0.250. The highest BCUT2D eigenvalue weighted by molar-refractivity contribution is 14.1. The molecule has 2 aliphatic rings. The SMILES string of the molecule is CN(C)c1ccc2nc3ccc(=[N+](C)C)c(I)c-3sc2c1I. The number of halogens is 2. The molecule has 0 spiro atoms. The molecule has 0 atom stereocenters. The molecule has 3 nitrogen and oxygen atoms in total. The number of nitrogens with zero attached hydrogens (tertiary/aromatic N) is 3. The van der Waals surface area contributed by atoms with E-state index in [4.69, 9.17) is 4.98 Å². The summed E-state index contributed by atoms with van der Waals surface area (Å²) < 4.78 is 5.95. The first-order chi connectivity index (χ1) is 10.4.